The summed E-state index contributed by atoms with van der Waals surface area (Å²) in [5, 5.41) is 4.27. The average Bonchev–Trinajstić information content (AvgIpc) is 3.18. The van der Waals surface area contributed by atoms with Gasteiger partial charge in [0, 0.05) is 26.3 Å². The second kappa shape index (κ2) is 8.57. The van der Waals surface area contributed by atoms with E-state index in [1.807, 2.05) is 31.4 Å². The van der Waals surface area contributed by atoms with Gasteiger partial charge in [-0.3, -0.25) is 9.48 Å². The molecule has 0 radical (unpaired) electrons. The number of ether oxygens (including phenoxy) is 1. The van der Waals surface area contributed by atoms with Crippen molar-refractivity contribution in [3.63, 3.8) is 0 Å². The molecule has 0 N–H and O–H groups in total. The summed E-state index contributed by atoms with van der Waals surface area (Å²) < 4.78 is 35.0. The molecular weight excluding hydrogens is 406 g/mol. The van der Waals surface area contributed by atoms with Crippen molar-refractivity contribution >= 4 is 27.0 Å². The number of rotatable bonds is 8. The molecule has 2 heterocycles. The van der Waals surface area contributed by atoms with Crippen molar-refractivity contribution in [2.75, 3.05) is 14.1 Å². The number of esters is 1. The number of nitrogens with zero attached hydrogens (tertiary/aromatic N) is 5. The maximum absolute atomic E-state index is 12.4. The highest BCUT2D eigenvalue weighted by atomic mass is 32.2. The standard InChI is InChI=1S/C20H27N5O4S/c1-6-9-24-18-8-7-16(30(27,28)23(4)5)11-17(18)21-19(24)13-29-20(26)12-25-15(3)10-14(2)22-25/h7-8,10-11H,6,9,12-13H2,1-5H3. The van der Waals surface area contributed by atoms with Gasteiger partial charge in [0.15, 0.2) is 0 Å². The minimum absolute atomic E-state index is 0.00256. The molecule has 162 valence electrons. The van der Waals surface area contributed by atoms with Crippen molar-refractivity contribution in [2.24, 2.45) is 0 Å². The quantitative estimate of drug-likeness (QED) is 0.505. The third-order valence-electron chi connectivity index (χ3n) is 4.77. The molecule has 0 atom stereocenters. The molecule has 2 aromatic heterocycles. The van der Waals surface area contributed by atoms with Crippen molar-refractivity contribution in [3.8, 4) is 0 Å². The van der Waals surface area contributed by atoms with E-state index in [1.165, 1.54) is 18.4 Å². The molecular formula is C20H27N5O4S. The first-order valence-corrected chi connectivity index (χ1v) is 11.2. The van der Waals surface area contributed by atoms with E-state index in [4.69, 9.17) is 4.74 Å². The number of benzene rings is 1. The summed E-state index contributed by atoms with van der Waals surface area (Å²) in [6.07, 6.45) is 0.857. The lowest BCUT2D eigenvalue weighted by atomic mass is 10.3. The van der Waals surface area contributed by atoms with Gasteiger partial charge < -0.3 is 9.30 Å². The number of carbonyl (C=O) groups excluding carboxylic acids is 1. The van der Waals surface area contributed by atoms with Crippen LogP contribution in [0.2, 0.25) is 0 Å². The summed E-state index contributed by atoms with van der Waals surface area (Å²) in [4.78, 5) is 17.0. The molecule has 0 aliphatic carbocycles. The smallest absolute Gasteiger partial charge is 0.328 e. The number of aryl methyl sites for hydroxylation is 3. The van der Waals surface area contributed by atoms with Crippen molar-refractivity contribution < 1.29 is 17.9 Å². The highest BCUT2D eigenvalue weighted by Gasteiger charge is 2.20. The predicted octanol–water partition coefficient (Wildman–Crippen LogP) is 2.25. The zero-order valence-electron chi connectivity index (χ0n) is 17.9. The highest BCUT2D eigenvalue weighted by molar-refractivity contribution is 7.89. The van der Waals surface area contributed by atoms with E-state index in [0.717, 1.165) is 23.3 Å². The van der Waals surface area contributed by atoms with Crippen LogP contribution in [0.25, 0.3) is 11.0 Å². The molecule has 9 nitrogen and oxygen atoms in total. The summed E-state index contributed by atoms with van der Waals surface area (Å²) >= 11 is 0. The molecule has 0 aliphatic rings. The fourth-order valence-corrected chi connectivity index (χ4v) is 4.18. The van der Waals surface area contributed by atoms with Crippen molar-refractivity contribution in [2.45, 2.75) is 51.8 Å². The Morgan fingerprint density at radius 2 is 1.93 bits per heavy atom. The summed E-state index contributed by atoms with van der Waals surface area (Å²) in [5.74, 6) is 0.167. The largest absolute Gasteiger partial charge is 0.456 e. The number of hydrogen-bond donors (Lipinski definition) is 0. The van der Waals surface area contributed by atoms with E-state index in [-0.39, 0.29) is 18.0 Å². The van der Waals surface area contributed by atoms with Crippen LogP contribution < -0.4 is 0 Å². The Hall–Kier alpha value is -2.72. The van der Waals surface area contributed by atoms with E-state index < -0.39 is 16.0 Å². The van der Waals surface area contributed by atoms with Gasteiger partial charge in [0.05, 0.1) is 21.6 Å². The van der Waals surface area contributed by atoms with Crippen LogP contribution in [0.3, 0.4) is 0 Å². The van der Waals surface area contributed by atoms with Crippen molar-refractivity contribution in [3.05, 3.63) is 41.5 Å². The first-order valence-electron chi connectivity index (χ1n) is 9.72. The van der Waals surface area contributed by atoms with Crippen LogP contribution in [0.4, 0.5) is 0 Å². The van der Waals surface area contributed by atoms with Gasteiger partial charge in [-0.25, -0.2) is 17.7 Å². The van der Waals surface area contributed by atoms with Gasteiger partial charge >= 0.3 is 5.97 Å². The topological polar surface area (TPSA) is 99.3 Å². The zero-order valence-corrected chi connectivity index (χ0v) is 18.7. The van der Waals surface area contributed by atoms with Gasteiger partial charge in [0.25, 0.3) is 0 Å². The molecule has 3 aromatic rings. The first kappa shape index (κ1) is 22.0. The van der Waals surface area contributed by atoms with Crippen molar-refractivity contribution in [1.29, 1.82) is 0 Å². The zero-order chi connectivity index (χ0) is 22.1. The van der Waals surface area contributed by atoms with E-state index in [1.54, 1.807) is 22.9 Å². The lowest BCUT2D eigenvalue weighted by molar-refractivity contribution is -0.146. The van der Waals surface area contributed by atoms with Gasteiger partial charge in [-0.2, -0.15) is 5.10 Å². The normalized spacial score (nSPS) is 12.1. The van der Waals surface area contributed by atoms with Gasteiger partial charge in [-0.15, -0.1) is 0 Å². The third kappa shape index (κ3) is 4.39. The molecule has 0 amide bonds. The Kier molecular flexibility index (Phi) is 6.27. The summed E-state index contributed by atoms with van der Waals surface area (Å²) in [5.41, 5.74) is 3.08. The molecule has 0 unspecified atom stereocenters. The van der Waals surface area contributed by atoms with Crippen LogP contribution in [0.15, 0.2) is 29.2 Å². The molecule has 0 spiro atoms. The Morgan fingerprint density at radius 3 is 2.53 bits per heavy atom. The minimum atomic E-state index is -3.56. The van der Waals surface area contributed by atoms with Gasteiger partial charge in [-0.05, 0) is 44.5 Å². The van der Waals surface area contributed by atoms with Crippen molar-refractivity contribution in [1.82, 2.24) is 23.6 Å². The van der Waals surface area contributed by atoms with Gasteiger partial charge in [0.1, 0.15) is 19.0 Å². The second-order valence-corrected chi connectivity index (χ2v) is 9.51. The molecule has 0 saturated heterocycles. The molecule has 0 fully saturated rings. The maximum Gasteiger partial charge on any atom is 0.328 e. The van der Waals surface area contributed by atoms with E-state index in [0.29, 0.717) is 17.9 Å². The molecule has 30 heavy (non-hydrogen) atoms. The number of sulfonamides is 1. The second-order valence-electron chi connectivity index (χ2n) is 7.36. The summed E-state index contributed by atoms with van der Waals surface area (Å²) in [7, 11) is -0.580. The lowest BCUT2D eigenvalue weighted by Gasteiger charge is -2.11. The average molecular weight is 434 g/mol. The van der Waals surface area contributed by atoms with E-state index in [9.17, 15) is 13.2 Å². The Labute approximate surface area is 176 Å². The number of hydrogen-bond acceptors (Lipinski definition) is 6. The third-order valence-corrected chi connectivity index (χ3v) is 6.58. The number of aromatic nitrogens is 4. The van der Waals surface area contributed by atoms with Crippen LogP contribution in [-0.4, -0.2) is 52.1 Å². The molecule has 3 rings (SSSR count). The fourth-order valence-electron chi connectivity index (χ4n) is 3.26. The number of carbonyl (C=O) groups is 1. The summed E-state index contributed by atoms with van der Waals surface area (Å²) in [6.45, 7) is 6.50. The van der Waals surface area contributed by atoms with Crippen LogP contribution in [-0.2, 0) is 39.3 Å². The Balaban J connectivity index is 1.84. The molecule has 0 aliphatic heterocycles. The number of fused-ring (bicyclic) bond motifs is 1. The van der Waals surface area contributed by atoms with Gasteiger partial charge in [-0.1, -0.05) is 6.92 Å². The number of imidazole rings is 1. The summed E-state index contributed by atoms with van der Waals surface area (Å²) in [6, 6.07) is 6.77. The fraction of sp³-hybridized carbons (Fsp3) is 0.450. The Bertz CT molecular complexity index is 1180. The highest BCUT2D eigenvalue weighted by Crippen LogP contribution is 2.23. The molecule has 1 aromatic carbocycles. The maximum atomic E-state index is 12.4. The Morgan fingerprint density at radius 1 is 1.20 bits per heavy atom. The van der Waals surface area contributed by atoms with Gasteiger partial charge in [0.2, 0.25) is 10.0 Å². The van der Waals surface area contributed by atoms with Crippen LogP contribution in [0.1, 0.15) is 30.6 Å². The lowest BCUT2D eigenvalue weighted by Crippen LogP contribution is -2.22. The van der Waals surface area contributed by atoms with Crippen LogP contribution in [0.5, 0.6) is 0 Å². The van der Waals surface area contributed by atoms with Crippen LogP contribution >= 0.6 is 0 Å². The van der Waals surface area contributed by atoms with Crippen LogP contribution in [0, 0.1) is 13.8 Å². The van der Waals surface area contributed by atoms with E-state index in [2.05, 4.69) is 10.1 Å². The predicted molar refractivity (Wildman–Crippen MR) is 112 cm³/mol. The van der Waals surface area contributed by atoms with E-state index >= 15 is 0 Å². The molecule has 0 bridgehead atoms. The minimum Gasteiger partial charge on any atom is -0.456 e. The monoisotopic (exact) mass is 433 g/mol. The SMILES string of the molecule is CCCn1c(COC(=O)Cn2nc(C)cc2C)nc2cc(S(=O)(=O)N(C)C)ccc21. The molecule has 0 saturated carbocycles. The molecule has 10 heteroatoms. The first-order chi connectivity index (χ1) is 14.1.